The highest BCUT2D eigenvalue weighted by molar-refractivity contribution is 7.99. The summed E-state index contributed by atoms with van der Waals surface area (Å²) in [5.41, 5.74) is 3.50. The van der Waals surface area contributed by atoms with Crippen LogP contribution in [0.25, 0.3) is 0 Å². The fourth-order valence-corrected chi connectivity index (χ4v) is 3.45. The Morgan fingerprint density at radius 3 is 2.52 bits per heavy atom. The van der Waals surface area contributed by atoms with E-state index in [0.29, 0.717) is 23.0 Å². The van der Waals surface area contributed by atoms with Crippen molar-refractivity contribution < 1.29 is 9.59 Å². The van der Waals surface area contributed by atoms with Crippen LogP contribution in [0, 0.1) is 6.92 Å². The van der Waals surface area contributed by atoms with Gasteiger partial charge >= 0.3 is 0 Å². The molecular formula is C21H23N5O2S. The third-order valence-electron chi connectivity index (χ3n) is 4.43. The maximum atomic E-state index is 12.7. The summed E-state index contributed by atoms with van der Waals surface area (Å²) in [6.07, 6.45) is 1.59. The third-order valence-corrected chi connectivity index (χ3v) is 5.47. The molecule has 0 radical (unpaired) electrons. The average Bonchev–Trinajstić information content (AvgIpc) is 3.13. The van der Waals surface area contributed by atoms with Crippen LogP contribution in [-0.4, -0.2) is 44.3 Å². The van der Waals surface area contributed by atoms with Gasteiger partial charge < -0.3 is 14.8 Å². The van der Waals surface area contributed by atoms with E-state index in [1.165, 1.54) is 11.8 Å². The second-order valence-electron chi connectivity index (χ2n) is 6.73. The quantitative estimate of drug-likeness (QED) is 0.607. The zero-order chi connectivity index (χ0) is 20.8. The van der Waals surface area contributed by atoms with E-state index in [1.807, 2.05) is 38.2 Å². The number of aryl methyl sites for hydroxylation is 2. The van der Waals surface area contributed by atoms with E-state index in [9.17, 15) is 9.59 Å². The van der Waals surface area contributed by atoms with Crippen molar-refractivity contribution in [3.63, 3.8) is 0 Å². The fourth-order valence-electron chi connectivity index (χ4n) is 2.76. The number of anilines is 1. The normalized spacial score (nSPS) is 10.6. The predicted octanol–water partition coefficient (Wildman–Crippen LogP) is 3.13. The van der Waals surface area contributed by atoms with Crippen LogP contribution < -0.4 is 5.32 Å². The molecule has 2 aromatic carbocycles. The van der Waals surface area contributed by atoms with Crippen molar-refractivity contribution in [2.75, 3.05) is 18.1 Å². The molecule has 0 saturated carbocycles. The number of benzene rings is 2. The smallest absolute Gasteiger partial charge is 0.253 e. The summed E-state index contributed by atoms with van der Waals surface area (Å²) < 4.78 is 1.76. The van der Waals surface area contributed by atoms with Gasteiger partial charge in [0.1, 0.15) is 6.33 Å². The summed E-state index contributed by atoms with van der Waals surface area (Å²) in [5.74, 6) is 0.0181. The lowest BCUT2D eigenvalue weighted by molar-refractivity contribution is -0.113. The molecule has 3 rings (SSSR count). The van der Waals surface area contributed by atoms with E-state index in [4.69, 9.17) is 0 Å². The summed E-state index contributed by atoms with van der Waals surface area (Å²) in [7, 11) is 3.61. The Kier molecular flexibility index (Phi) is 6.66. The molecule has 0 unspecified atom stereocenters. The Balaban J connectivity index is 1.54. The minimum atomic E-state index is -0.145. The average molecular weight is 410 g/mol. The summed E-state index contributed by atoms with van der Waals surface area (Å²) in [6.45, 7) is 2.58. The number of hydrogen-bond donors (Lipinski definition) is 1. The molecule has 0 atom stereocenters. The minimum absolute atomic E-state index is 0.0658. The second kappa shape index (κ2) is 9.38. The van der Waals surface area contributed by atoms with E-state index in [1.54, 1.807) is 47.1 Å². The van der Waals surface area contributed by atoms with Crippen molar-refractivity contribution in [2.24, 2.45) is 7.05 Å². The van der Waals surface area contributed by atoms with Crippen LogP contribution in [0.4, 0.5) is 5.69 Å². The van der Waals surface area contributed by atoms with Gasteiger partial charge in [-0.3, -0.25) is 9.59 Å². The molecule has 0 spiro atoms. The van der Waals surface area contributed by atoms with Crippen LogP contribution in [0.1, 0.15) is 21.5 Å². The molecule has 3 aromatic rings. The molecule has 0 saturated heterocycles. The molecule has 1 N–H and O–H groups in total. The molecule has 29 heavy (non-hydrogen) atoms. The first kappa shape index (κ1) is 20.6. The molecule has 1 aromatic heterocycles. The number of thioether (sulfide) groups is 1. The standard InChI is InChI=1S/C21H23N5O2S/c1-15-6-4-5-7-17(15)12-25(2)20(28)16-8-10-18(11-9-16)23-19(27)13-29-21-24-22-14-26(21)3/h4-11,14H,12-13H2,1-3H3,(H,23,27). The number of carbonyl (C=O) groups is 2. The molecule has 7 nitrogen and oxygen atoms in total. The van der Waals surface area contributed by atoms with Crippen LogP contribution in [0.5, 0.6) is 0 Å². The molecule has 0 aliphatic rings. The topological polar surface area (TPSA) is 80.1 Å². The molecule has 1 heterocycles. The number of rotatable bonds is 7. The number of carbonyl (C=O) groups excluding carboxylic acids is 2. The lowest BCUT2D eigenvalue weighted by Gasteiger charge is -2.19. The molecule has 150 valence electrons. The van der Waals surface area contributed by atoms with Crippen LogP contribution in [0.3, 0.4) is 0 Å². The first-order valence-electron chi connectivity index (χ1n) is 9.10. The first-order chi connectivity index (χ1) is 13.9. The van der Waals surface area contributed by atoms with Crippen LogP contribution >= 0.6 is 11.8 Å². The second-order valence-corrected chi connectivity index (χ2v) is 7.67. The molecule has 0 aliphatic heterocycles. The van der Waals surface area contributed by atoms with Gasteiger partial charge in [0.2, 0.25) is 5.91 Å². The van der Waals surface area contributed by atoms with Gasteiger partial charge in [-0.05, 0) is 42.3 Å². The number of amides is 2. The Labute approximate surface area is 174 Å². The van der Waals surface area contributed by atoms with E-state index >= 15 is 0 Å². The van der Waals surface area contributed by atoms with Crippen molar-refractivity contribution in [3.05, 3.63) is 71.5 Å². The Hall–Kier alpha value is -3.13. The van der Waals surface area contributed by atoms with Gasteiger partial charge in [0.15, 0.2) is 5.16 Å². The van der Waals surface area contributed by atoms with E-state index in [-0.39, 0.29) is 17.6 Å². The van der Waals surface area contributed by atoms with Crippen molar-refractivity contribution in [1.29, 1.82) is 0 Å². The van der Waals surface area contributed by atoms with Crippen LogP contribution in [0.15, 0.2) is 60.0 Å². The van der Waals surface area contributed by atoms with Gasteiger partial charge in [-0.2, -0.15) is 0 Å². The lowest BCUT2D eigenvalue weighted by Crippen LogP contribution is -2.26. The lowest BCUT2D eigenvalue weighted by atomic mass is 10.1. The highest BCUT2D eigenvalue weighted by Crippen LogP contribution is 2.16. The number of aromatic nitrogens is 3. The highest BCUT2D eigenvalue weighted by Gasteiger charge is 2.13. The molecule has 0 aliphatic carbocycles. The van der Waals surface area contributed by atoms with E-state index in [0.717, 1.165) is 11.1 Å². The Morgan fingerprint density at radius 1 is 1.14 bits per heavy atom. The van der Waals surface area contributed by atoms with Gasteiger partial charge in [0, 0.05) is 31.9 Å². The van der Waals surface area contributed by atoms with E-state index in [2.05, 4.69) is 15.5 Å². The van der Waals surface area contributed by atoms with Gasteiger partial charge in [-0.25, -0.2) is 0 Å². The first-order valence-corrected chi connectivity index (χ1v) is 10.1. The van der Waals surface area contributed by atoms with Crippen molar-refractivity contribution >= 4 is 29.3 Å². The van der Waals surface area contributed by atoms with Gasteiger partial charge in [0.05, 0.1) is 5.75 Å². The number of nitrogens with zero attached hydrogens (tertiary/aromatic N) is 4. The minimum Gasteiger partial charge on any atom is -0.337 e. The molecular weight excluding hydrogens is 386 g/mol. The third kappa shape index (κ3) is 5.45. The van der Waals surface area contributed by atoms with Crippen molar-refractivity contribution in [2.45, 2.75) is 18.6 Å². The monoisotopic (exact) mass is 409 g/mol. The molecule has 2 amide bonds. The summed E-state index contributed by atoms with van der Waals surface area (Å²) >= 11 is 1.31. The summed E-state index contributed by atoms with van der Waals surface area (Å²) in [4.78, 5) is 26.5. The maximum Gasteiger partial charge on any atom is 0.253 e. The SMILES string of the molecule is Cc1ccccc1CN(C)C(=O)c1ccc(NC(=O)CSc2nncn2C)cc1. The van der Waals surface area contributed by atoms with E-state index < -0.39 is 0 Å². The fraction of sp³-hybridized carbons (Fsp3) is 0.238. The zero-order valence-corrected chi connectivity index (χ0v) is 17.4. The van der Waals surface area contributed by atoms with Crippen LogP contribution in [0.2, 0.25) is 0 Å². The Bertz CT molecular complexity index is 1000. The van der Waals surface area contributed by atoms with Crippen LogP contribution in [-0.2, 0) is 18.4 Å². The van der Waals surface area contributed by atoms with Gasteiger partial charge in [-0.15, -0.1) is 10.2 Å². The number of hydrogen-bond acceptors (Lipinski definition) is 5. The highest BCUT2D eigenvalue weighted by atomic mass is 32.2. The van der Waals surface area contributed by atoms with Gasteiger partial charge in [-0.1, -0.05) is 36.0 Å². The van der Waals surface area contributed by atoms with Gasteiger partial charge in [0.25, 0.3) is 5.91 Å². The van der Waals surface area contributed by atoms with Crippen molar-refractivity contribution in [1.82, 2.24) is 19.7 Å². The van der Waals surface area contributed by atoms with Crippen molar-refractivity contribution in [3.8, 4) is 0 Å². The molecule has 0 fully saturated rings. The summed E-state index contributed by atoms with van der Waals surface area (Å²) in [5, 5.41) is 11.2. The predicted molar refractivity (Wildman–Crippen MR) is 114 cm³/mol. The Morgan fingerprint density at radius 2 is 1.86 bits per heavy atom. The molecule has 8 heteroatoms. The maximum absolute atomic E-state index is 12.7. The number of nitrogens with one attached hydrogen (secondary N) is 1. The summed E-state index contributed by atoms with van der Waals surface area (Å²) in [6, 6.07) is 14.9. The zero-order valence-electron chi connectivity index (χ0n) is 16.6. The molecule has 0 bridgehead atoms. The largest absolute Gasteiger partial charge is 0.337 e.